The third-order valence-electron chi connectivity index (χ3n) is 6.12. The van der Waals surface area contributed by atoms with Crippen LogP contribution in [-0.2, 0) is 11.2 Å². The lowest BCUT2D eigenvalue weighted by molar-refractivity contribution is -0.123. The summed E-state index contributed by atoms with van der Waals surface area (Å²) in [7, 11) is 0. The van der Waals surface area contributed by atoms with Crippen molar-refractivity contribution in [2.45, 2.75) is 25.7 Å². The molecule has 3 aromatic rings. The Bertz CT molecular complexity index is 1070. The predicted octanol–water partition coefficient (Wildman–Crippen LogP) is 3.13. The van der Waals surface area contributed by atoms with Crippen LogP contribution in [0.4, 0.5) is 5.69 Å². The summed E-state index contributed by atoms with van der Waals surface area (Å²) in [5, 5.41) is 3.15. The van der Waals surface area contributed by atoms with Gasteiger partial charge in [0.25, 0.3) is 0 Å². The first-order chi connectivity index (χ1) is 14.7. The molecule has 2 aliphatic rings. The molecule has 5 heterocycles. The van der Waals surface area contributed by atoms with Crippen LogP contribution in [0.1, 0.15) is 29.4 Å². The summed E-state index contributed by atoms with van der Waals surface area (Å²) in [6.45, 7) is 4.48. The lowest BCUT2D eigenvalue weighted by Gasteiger charge is -2.32. The van der Waals surface area contributed by atoms with Crippen molar-refractivity contribution in [1.82, 2.24) is 20.3 Å². The van der Waals surface area contributed by atoms with Crippen LogP contribution >= 0.6 is 0 Å². The number of hydrogen-bond donors (Lipinski definition) is 1. The first kappa shape index (κ1) is 18.7. The molecule has 6 heteroatoms. The second-order valence-corrected chi connectivity index (χ2v) is 8.12. The van der Waals surface area contributed by atoms with Gasteiger partial charge in [0.1, 0.15) is 0 Å². The Morgan fingerprint density at radius 1 is 1.17 bits per heavy atom. The van der Waals surface area contributed by atoms with Gasteiger partial charge in [-0.1, -0.05) is 6.07 Å². The van der Waals surface area contributed by atoms with Crippen LogP contribution in [0.3, 0.4) is 0 Å². The van der Waals surface area contributed by atoms with Gasteiger partial charge in [-0.2, -0.15) is 0 Å². The van der Waals surface area contributed by atoms with Crippen molar-refractivity contribution in [2.24, 2.45) is 5.92 Å². The number of hydrogen-bond acceptors (Lipinski definition) is 5. The van der Waals surface area contributed by atoms with Crippen molar-refractivity contribution in [2.75, 3.05) is 24.5 Å². The minimum absolute atomic E-state index is 0.0780. The van der Waals surface area contributed by atoms with Crippen LogP contribution in [0.25, 0.3) is 11.3 Å². The zero-order valence-corrected chi connectivity index (χ0v) is 17.1. The number of pyridine rings is 3. The number of aromatic nitrogens is 3. The third kappa shape index (κ3) is 3.54. The highest BCUT2D eigenvalue weighted by atomic mass is 16.1. The fraction of sp³-hybridized carbons (Fsp3) is 0.333. The van der Waals surface area contributed by atoms with E-state index >= 15 is 0 Å². The fourth-order valence-electron chi connectivity index (χ4n) is 4.64. The molecule has 1 amide bonds. The number of nitrogens with one attached hydrogen (secondary N) is 1. The van der Waals surface area contributed by atoms with E-state index in [9.17, 15) is 4.79 Å². The Hall–Kier alpha value is -3.28. The van der Waals surface area contributed by atoms with Gasteiger partial charge < -0.3 is 10.2 Å². The van der Waals surface area contributed by atoms with Crippen molar-refractivity contribution in [1.29, 1.82) is 0 Å². The number of amides is 1. The molecule has 3 aromatic heterocycles. The smallest absolute Gasteiger partial charge is 0.229 e. The maximum atomic E-state index is 13.2. The Labute approximate surface area is 176 Å². The molecule has 0 aliphatic carbocycles. The van der Waals surface area contributed by atoms with E-state index in [-0.39, 0.29) is 11.8 Å². The number of fused-ring (bicyclic) bond motifs is 4. The molecular weight excluding hydrogens is 374 g/mol. The van der Waals surface area contributed by atoms with Gasteiger partial charge in [0, 0.05) is 55.4 Å². The average molecular weight is 399 g/mol. The van der Waals surface area contributed by atoms with Crippen molar-refractivity contribution in [3.05, 3.63) is 71.9 Å². The summed E-state index contributed by atoms with van der Waals surface area (Å²) >= 11 is 0. The normalized spacial score (nSPS) is 19.4. The quantitative estimate of drug-likeness (QED) is 0.714. The van der Waals surface area contributed by atoms with Crippen molar-refractivity contribution >= 4 is 11.6 Å². The first-order valence-electron chi connectivity index (χ1n) is 10.6. The summed E-state index contributed by atoms with van der Waals surface area (Å²) in [5.41, 5.74) is 5.89. The molecular formula is C24H25N5O. The number of rotatable bonds is 5. The van der Waals surface area contributed by atoms with Crippen LogP contribution < -0.4 is 10.2 Å². The molecule has 1 N–H and O–H groups in total. The van der Waals surface area contributed by atoms with Gasteiger partial charge in [-0.3, -0.25) is 14.8 Å². The number of aryl methyl sites for hydroxylation is 1. The second kappa shape index (κ2) is 7.86. The predicted molar refractivity (Wildman–Crippen MR) is 116 cm³/mol. The highest BCUT2D eigenvalue weighted by Crippen LogP contribution is 2.44. The van der Waals surface area contributed by atoms with Gasteiger partial charge in [0.2, 0.25) is 5.91 Å². The average Bonchev–Trinajstić information content (AvgIpc) is 3.18. The van der Waals surface area contributed by atoms with Gasteiger partial charge >= 0.3 is 0 Å². The molecule has 30 heavy (non-hydrogen) atoms. The molecule has 152 valence electrons. The number of nitrogens with zero attached hydrogens (tertiary/aromatic N) is 4. The molecule has 2 aliphatic heterocycles. The van der Waals surface area contributed by atoms with Gasteiger partial charge in [-0.15, -0.1) is 0 Å². The van der Waals surface area contributed by atoms with E-state index in [1.54, 1.807) is 12.4 Å². The summed E-state index contributed by atoms with van der Waals surface area (Å²) in [6.07, 6.45) is 5.35. The molecule has 5 rings (SSSR count). The highest BCUT2D eigenvalue weighted by Gasteiger charge is 2.42. The molecule has 0 aromatic carbocycles. The second-order valence-electron chi connectivity index (χ2n) is 8.12. The van der Waals surface area contributed by atoms with E-state index in [1.165, 1.54) is 0 Å². The van der Waals surface area contributed by atoms with Gasteiger partial charge in [-0.25, -0.2) is 4.98 Å². The first-order valence-corrected chi connectivity index (χ1v) is 10.6. The summed E-state index contributed by atoms with van der Waals surface area (Å²) in [4.78, 5) is 29.2. The molecule has 1 unspecified atom stereocenters. The fourth-order valence-corrected chi connectivity index (χ4v) is 4.64. The van der Waals surface area contributed by atoms with Crippen molar-refractivity contribution < 1.29 is 4.79 Å². The van der Waals surface area contributed by atoms with E-state index in [4.69, 9.17) is 4.98 Å². The standard InChI is InChI=1S/C24H25N5O/c1-16-14-17(7-11-25-16)20-5-6-21-23(28-20)22(18-9-13-29(21)15-18)24(30)27-12-8-19-4-2-3-10-26-19/h2-7,10-11,14,18,22H,8-9,12-13,15H2,1H3,(H,27,30)/t18-,22?/m0/s1. The summed E-state index contributed by atoms with van der Waals surface area (Å²) in [5.74, 6) is 0.189. The molecule has 1 fully saturated rings. The van der Waals surface area contributed by atoms with Gasteiger partial charge in [0.15, 0.2) is 0 Å². The van der Waals surface area contributed by atoms with Crippen LogP contribution in [0.2, 0.25) is 0 Å². The minimum atomic E-state index is -0.203. The largest absolute Gasteiger partial charge is 0.370 e. The SMILES string of the molecule is Cc1cc(-c2ccc3c(n2)C(C(=O)NCCc2ccccn2)[C@H]2CCN3C2)ccn1. The van der Waals surface area contributed by atoms with Crippen LogP contribution in [0, 0.1) is 12.8 Å². The third-order valence-corrected chi connectivity index (χ3v) is 6.12. The molecule has 6 nitrogen and oxygen atoms in total. The van der Waals surface area contributed by atoms with Gasteiger partial charge in [0.05, 0.1) is 23.0 Å². The van der Waals surface area contributed by atoms with Crippen LogP contribution in [-0.4, -0.2) is 40.5 Å². The molecule has 0 spiro atoms. The van der Waals surface area contributed by atoms with E-state index < -0.39 is 0 Å². The topological polar surface area (TPSA) is 71.0 Å². The summed E-state index contributed by atoms with van der Waals surface area (Å²) in [6, 6.07) is 14.1. The monoisotopic (exact) mass is 399 g/mol. The van der Waals surface area contributed by atoms with Crippen molar-refractivity contribution in [3.63, 3.8) is 0 Å². The van der Waals surface area contributed by atoms with Gasteiger partial charge in [-0.05, 0) is 55.7 Å². The Balaban J connectivity index is 1.40. The molecule has 1 saturated heterocycles. The van der Waals surface area contributed by atoms with E-state index in [1.807, 2.05) is 37.3 Å². The lowest BCUT2D eigenvalue weighted by Crippen LogP contribution is -2.39. The summed E-state index contributed by atoms with van der Waals surface area (Å²) < 4.78 is 0. The van der Waals surface area contributed by atoms with Crippen molar-refractivity contribution in [3.8, 4) is 11.3 Å². The maximum Gasteiger partial charge on any atom is 0.229 e. The van der Waals surface area contributed by atoms with E-state index in [0.717, 1.165) is 60.0 Å². The zero-order valence-electron chi connectivity index (χ0n) is 17.1. The molecule has 2 atom stereocenters. The highest BCUT2D eigenvalue weighted by molar-refractivity contribution is 5.87. The Morgan fingerprint density at radius 2 is 2.10 bits per heavy atom. The van der Waals surface area contributed by atoms with Crippen LogP contribution in [0.5, 0.6) is 0 Å². The number of carbonyl (C=O) groups is 1. The van der Waals surface area contributed by atoms with E-state index in [0.29, 0.717) is 12.5 Å². The number of anilines is 1. The lowest BCUT2D eigenvalue weighted by atomic mass is 9.84. The number of carbonyl (C=O) groups excluding carboxylic acids is 1. The Kier molecular flexibility index (Phi) is 4.91. The Morgan fingerprint density at radius 3 is 2.93 bits per heavy atom. The minimum Gasteiger partial charge on any atom is -0.370 e. The van der Waals surface area contributed by atoms with Crippen LogP contribution in [0.15, 0.2) is 54.9 Å². The van der Waals surface area contributed by atoms with E-state index in [2.05, 4.69) is 32.3 Å². The maximum absolute atomic E-state index is 13.2. The molecule has 0 saturated carbocycles. The molecule has 0 radical (unpaired) electrons. The zero-order chi connectivity index (χ0) is 20.5. The molecule has 2 bridgehead atoms.